The first kappa shape index (κ1) is 22.1. The highest BCUT2D eigenvalue weighted by molar-refractivity contribution is 7.90. The Morgan fingerprint density at radius 2 is 2.00 bits per heavy atom. The Morgan fingerprint density at radius 3 is 2.78 bits per heavy atom. The summed E-state index contributed by atoms with van der Waals surface area (Å²) >= 11 is 0. The molecule has 0 radical (unpaired) electrons. The number of nitrogens with zero attached hydrogens (tertiary/aromatic N) is 4. The fourth-order valence-electron chi connectivity index (χ4n) is 4.53. The molecule has 2 aliphatic rings. The normalized spacial score (nSPS) is 18.7. The summed E-state index contributed by atoms with van der Waals surface area (Å²) in [7, 11) is -2.24. The van der Waals surface area contributed by atoms with Crippen molar-refractivity contribution in [2.75, 3.05) is 38.2 Å². The number of carbonyl (C=O) groups is 1. The number of carboxylic acid groups (broad SMARTS) is 1. The van der Waals surface area contributed by atoms with Gasteiger partial charge in [-0.25, -0.2) is 12.4 Å². The van der Waals surface area contributed by atoms with Crippen LogP contribution in [0.15, 0.2) is 53.7 Å². The Labute approximate surface area is 186 Å². The van der Waals surface area contributed by atoms with Crippen molar-refractivity contribution in [3.05, 3.63) is 48.8 Å². The zero-order chi connectivity index (χ0) is 22.7. The van der Waals surface area contributed by atoms with Gasteiger partial charge in [-0.15, -0.1) is 0 Å². The second kappa shape index (κ2) is 9.17. The molecule has 2 aromatic heterocycles. The summed E-state index contributed by atoms with van der Waals surface area (Å²) < 4.78 is 33.5. The summed E-state index contributed by atoms with van der Waals surface area (Å²) in [6.45, 7) is 3.72. The van der Waals surface area contributed by atoms with Crippen LogP contribution in [0.2, 0.25) is 0 Å². The van der Waals surface area contributed by atoms with Gasteiger partial charge in [-0.2, -0.15) is 0 Å². The van der Waals surface area contributed by atoms with E-state index in [1.807, 2.05) is 6.07 Å². The fourth-order valence-corrected chi connectivity index (χ4v) is 5.92. The quantitative estimate of drug-likeness (QED) is 0.594. The van der Waals surface area contributed by atoms with Crippen LogP contribution in [0.1, 0.15) is 12.8 Å². The number of hydrogen-bond acceptors (Lipinski definition) is 7. The third-order valence-corrected chi connectivity index (χ3v) is 7.70. The van der Waals surface area contributed by atoms with Gasteiger partial charge in [0.1, 0.15) is 11.3 Å². The van der Waals surface area contributed by atoms with Gasteiger partial charge in [0.15, 0.2) is 0 Å². The van der Waals surface area contributed by atoms with Gasteiger partial charge in [0.25, 0.3) is 16.5 Å². The van der Waals surface area contributed by atoms with Gasteiger partial charge in [0, 0.05) is 44.1 Å². The van der Waals surface area contributed by atoms with Gasteiger partial charge >= 0.3 is 0 Å². The first-order chi connectivity index (χ1) is 15.5. The molecular weight excluding hydrogens is 432 g/mol. The lowest BCUT2D eigenvalue weighted by atomic mass is 10.1. The van der Waals surface area contributed by atoms with Crippen molar-refractivity contribution < 1.29 is 23.1 Å². The second-order valence-corrected chi connectivity index (χ2v) is 9.56. The Morgan fingerprint density at radius 1 is 1.19 bits per heavy atom. The van der Waals surface area contributed by atoms with Gasteiger partial charge in [-0.05, 0) is 43.7 Å². The number of aromatic nitrogens is 2. The average Bonchev–Trinajstić information content (AvgIpc) is 3.44. The van der Waals surface area contributed by atoms with E-state index in [2.05, 4.69) is 14.8 Å². The number of anilines is 1. The lowest BCUT2D eigenvalue weighted by Gasteiger charge is -2.38. The monoisotopic (exact) mass is 458 g/mol. The van der Waals surface area contributed by atoms with E-state index in [1.165, 1.54) is 30.5 Å². The van der Waals surface area contributed by atoms with Crippen molar-refractivity contribution in [2.45, 2.75) is 23.8 Å². The molecule has 0 bridgehead atoms. The summed E-state index contributed by atoms with van der Waals surface area (Å²) in [6, 6.07) is 10.7. The van der Waals surface area contributed by atoms with Gasteiger partial charge in [0.05, 0.1) is 23.2 Å². The topological polar surface area (TPSA) is 105 Å². The molecule has 5 rings (SSSR count). The lowest BCUT2D eigenvalue weighted by Crippen LogP contribution is -2.50. The molecule has 1 unspecified atom stereocenters. The number of hydrogen-bond donors (Lipinski definition) is 1. The second-order valence-electron chi connectivity index (χ2n) is 7.75. The summed E-state index contributed by atoms with van der Waals surface area (Å²) in [5.41, 5.74) is 2.21. The highest BCUT2D eigenvalue weighted by Gasteiger charge is 2.33. The molecule has 2 aliphatic heterocycles. The standard InChI is InChI=1S/C21H24N4O3S.CH2O2/c1-28-17-6-2-7-18(13-17)29(26,27)25-15-20(21-19(25)8-3-9-22-21)24-12-11-23-10-4-5-16(23)14-24;2-1-3/h2-3,6-9,13,15-16H,4-5,10-12,14H2,1H3;1H,(H,2,3). The molecule has 10 heteroatoms. The van der Waals surface area contributed by atoms with Gasteiger partial charge in [0.2, 0.25) is 0 Å². The highest BCUT2D eigenvalue weighted by Crippen LogP contribution is 2.33. The molecule has 2 fully saturated rings. The largest absolute Gasteiger partial charge is 0.497 e. The molecule has 1 atom stereocenters. The molecule has 4 heterocycles. The van der Waals surface area contributed by atoms with Gasteiger partial charge < -0.3 is 14.7 Å². The molecule has 170 valence electrons. The van der Waals surface area contributed by atoms with Crippen LogP contribution in [0, 0.1) is 0 Å². The minimum atomic E-state index is -3.77. The van der Waals surface area contributed by atoms with Crippen LogP contribution >= 0.6 is 0 Å². The van der Waals surface area contributed by atoms with Crippen LogP contribution in [0.25, 0.3) is 11.0 Å². The third-order valence-electron chi connectivity index (χ3n) is 6.03. The minimum absolute atomic E-state index is 0.199. The average molecular weight is 459 g/mol. The van der Waals surface area contributed by atoms with Crippen molar-refractivity contribution in [2.24, 2.45) is 0 Å². The number of benzene rings is 1. The van der Waals surface area contributed by atoms with Crippen LogP contribution in [0.3, 0.4) is 0 Å². The maximum atomic E-state index is 13.4. The molecule has 1 aromatic carbocycles. The summed E-state index contributed by atoms with van der Waals surface area (Å²) in [5.74, 6) is 0.512. The number of methoxy groups -OCH3 is 1. The van der Waals surface area contributed by atoms with Crippen molar-refractivity contribution in [1.82, 2.24) is 13.9 Å². The zero-order valence-corrected chi connectivity index (χ0v) is 18.6. The van der Waals surface area contributed by atoms with Crippen LogP contribution in [0.4, 0.5) is 5.69 Å². The highest BCUT2D eigenvalue weighted by atomic mass is 32.2. The number of fused-ring (bicyclic) bond motifs is 2. The van der Waals surface area contributed by atoms with E-state index in [0.717, 1.165) is 30.8 Å². The molecule has 0 aliphatic carbocycles. The predicted octanol–water partition coefficient (Wildman–Crippen LogP) is 2.27. The molecule has 0 spiro atoms. The molecule has 1 N–H and O–H groups in total. The Kier molecular flexibility index (Phi) is 6.33. The van der Waals surface area contributed by atoms with Crippen molar-refractivity contribution >= 4 is 33.2 Å². The fraction of sp³-hybridized carbons (Fsp3) is 0.364. The number of rotatable bonds is 4. The molecule has 3 aromatic rings. The maximum absolute atomic E-state index is 13.4. The number of pyridine rings is 1. The zero-order valence-electron chi connectivity index (χ0n) is 17.8. The van der Waals surface area contributed by atoms with Crippen molar-refractivity contribution in [1.29, 1.82) is 0 Å². The maximum Gasteiger partial charge on any atom is 0.290 e. The van der Waals surface area contributed by atoms with E-state index in [0.29, 0.717) is 17.3 Å². The van der Waals surface area contributed by atoms with E-state index < -0.39 is 10.0 Å². The molecule has 0 saturated carbocycles. The molecule has 2 saturated heterocycles. The summed E-state index contributed by atoms with van der Waals surface area (Å²) in [4.78, 5) is 17.9. The Hall–Kier alpha value is -3.11. The van der Waals surface area contributed by atoms with E-state index in [1.54, 1.807) is 42.7 Å². The van der Waals surface area contributed by atoms with Gasteiger partial charge in [-0.1, -0.05) is 6.07 Å². The molecular formula is C22H26N4O5S. The lowest BCUT2D eigenvalue weighted by molar-refractivity contribution is -0.122. The predicted molar refractivity (Wildman–Crippen MR) is 121 cm³/mol. The molecule has 32 heavy (non-hydrogen) atoms. The summed E-state index contributed by atoms with van der Waals surface area (Å²) in [5, 5.41) is 6.89. The minimum Gasteiger partial charge on any atom is -0.497 e. The smallest absolute Gasteiger partial charge is 0.290 e. The van der Waals surface area contributed by atoms with Crippen LogP contribution in [-0.2, 0) is 14.8 Å². The number of piperazine rings is 1. The van der Waals surface area contributed by atoms with Crippen molar-refractivity contribution in [3.63, 3.8) is 0 Å². The van der Waals surface area contributed by atoms with E-state index in [4.69, 9.17) is 14.6 Å². The van der Waals surface area contributed by atoms with Crippen LogP contribution in [0.5, 0.6) is 5.75 Å². The molecule has 0 amide bonds. The number of ether oxygens (including phenoxy) is 1. The van der Waals surface area contributed by atoms with Gasteiger partial charge in [-0.3, -0.25) is 14.7 Å². The van der Waals surface area contributed by atoms with Crippen LogP contribution < -0.4 is 9.64 Å². The van der Waals surface area contributed by atoms with E-state index >= 15 is 0 Å². The Bertz CT molecular complexity index is 1210. The first-order valence-corrected chi connectivity index (χ1v) is 11.9. The SMILES string of the molecule is COc1cccc(S(=O)(=O)n2cc(N3CCN4CCCC4C3)c3ncccc32)c1.O=CO. The first-order valence-electron chi connectivity index (χ1n) is 10.4. The third kappa shape index (κ3) is 4.03. The van der Waals surface area contributed by atoms with E-state index in [-0.39, 0.29) is 11.4 Å². The Balaban J connectivity index is 0.000000775. The summed E-state index contributed by atoms with van der Waals surface area (Å²) in [6.07, 6.45) is 5.89. The molecule has 9 nitrogen and oxygen atoms in total. The van der Waals surface area contributed by atoms with Crippen molar-refractivity contribution in [3.8, 4) is 5.75 Å². The van der Waals surface area contributed by atoms with Crippen LogP contribution in [-0.4, -0.2) is 73.2 Å². The van der Waals surface area contributed by atoms with E-state index in [9.17, 15) is 8.42 Å².